The van der Waals surface area contributed by atoms with Crippen molar-refractivity contribution >= 4 is 29.1 Å². The van der Waals surface area contributed by atoms with Gasteiger partial charge in [-0.25, -0.2) is 9.78 Å². The number of nitrogens with zero attached hydrogens (tertiary/aromatic N) is 3. The molecular weight excluding hydrogens is 418 g/mol. The van der Waals surface area contributed by atoms with Crippen LogP contribution in [0.2, 0.25) is 0 Å². The lowest BCUT2D eigenvalue weighted by molar-refractivity contribution is 0.0518. The summed E-state index contributed by atoms with van der Waals surface area (Å²) in [6.07, 6.45) is 15.7. The van der Waals surface area contributed by atoms with Crippen LogP contribution in [0.5, 0.6) is 0 Å². The Morgan fingerprint density at radius 1 is 1.34 bits per heavy atom. The van der Waals surface area contributed by atoms with Crippen LogP contribution < -0.4 is 0 Å². The summed E-state index contributed by atoms with van der Waals surface area (Å²) >= 11 is 1.55. The van der Waals surface area contributed by atoms with E-state index < -0.39 is 5.97 Å². The number of thioether (sulfide) groups is 1. The summed E-state index contributed by atoms with van der Waals surface area (Å²) in [6.45, 7) is 18.2. The van der Waals surface area contributed by atoms with E-state index in [9.17, 15) is 4.79 Å². The third-order valence-corrected chi connectivity index (χ3v) is 5.24. The zero-order valence-corrected chi connectivity index (χ0v) is 21.4. The van der Waals surface area contributed by atoms with Crippen molar-refractivity contribution < 1.29 is 9.53 Å². The highest BCUT2D eigenvalue weighted by molar-refractivity contribution is 8.04. The van der Waals surface area contributed by atoms with E-state index in [1.165, 1.54) is 0 Å². The third-order valence-electron chi connectivity index (χ3n) is 4.13. The van der Waals surface area contributed by atoms with Gasteiger partial charge in [-0.2, -0.15) is 0 Å². The molecule has 0 aliphatic carbocycles. The number of carbonyl (C=O) groups excluding carboxylic acids is 1. The van der Waals surface area contributed by atoms with Gasteiger partial charge in [-0.05, 0) is 31.9 Å². The summed E-state index contributed by atoms with van der Waals surface area (Å²) in [7, 11) is 0. The highest BCUT2D eigenvalue weighted by Gasteiger charge is 2.24. The molecule has 0 spiro atoms. The van der Waals surface area contributed by atoms with E-state index in [2.05, 4.69) is 30.5 Å². The van der Waals surface area contributed by atoms with E-state index >= 15 is 0 Å². The molecular formula is C26H37N3O2S. The maximum atomic E-state index is 12.2. The molecule has 0 fully saturated rings. The average Bonchev–Trinajstić information content (AvgIpc) is 3.21. The van der Waals surface area contributed by atoms with Gasteiger partial charge in [0.05, 0.1) is 35.2 Å². The normalized spacial score (nSPS) is 12.9. The van der Waals surface area contributed by atoms with Crippen molar-refractivity contribution in [2.45, 2.75) is 61.4 Å². The van der Waals surface area contributed by atoms with Crippen molar-refractivity contribution in [1.29, 1.82) is 0 Å². The van der Waals surface area contributed by atoms with Crippen molar-refractivity contribution in [3.05, 3.63) is 59.1 Å². The van der Waals surface area contributed by atoms with Crippen LogP contribution in [0.1, 0.15) is 71.1 Å². The minimum Gasteiger partial charge on any atom is -0.461 e. The van der Waals surface area contributed by atoms with Gasteiger partial charge in [0.1, 0.15) is 6.33 Å². The van der Waals surface area contributed by atoms with Gasteiger partial charge in [0, 0.05) is 5.70 Å². The predicted octanol–water partition coefficient (Wildman–Crippen LogP) is 6.70. The Bertz CT molecular complexity index is 912. The molecule has 6 heteroatoms. The first-order valence-electron chi connectivity index (χ1n) is 11.1. The fourth-order valence-electron chi connectivity index (χ4n) is 2.75. The molecule has 0 aromatic carbocycles. The summed E-state index contributed by atoms with van der Waals surface area (Å²) in [5.41, 5.74) is 3.94. The third kappa shape index (κ3) is 8.05. The Kier molecular flexibility index (Phi) is 15.4. The maximum Gasteiger partial charge on any atom is 0.358 e. The first-order chi connectivity index (χ1) is 15.6. The second kappa shape index (κ2) is 16.9. The molecule has 0 bridgehead atoms. The van der Waals surface area contributed by atoms with Gasteiger partial charge in [-0.1, -0.05) is 65.3 Å². The standard InChI is InChI=1S/C22H25N3O2S.2C2H6/c1-6-10-11-17(8-3)13-18-21(28-12-7-2)16(5)25-15-24-20(19(25)14-23-18)22(26)27-9-4;2*1-2/h2,6,10-11,13,15H,1,8-9,12,14H2,3-5H3;2*1-2H3/b11-10-,17-13+;;. The van der Waals surface area contributed by atoms with Crippen molar-refractivity contribution in [2.75, 3.05) is 12.4 Å². The summed E-state index contributed by atoms with van der Waals surface area (Å²) in [5, 5.41) is 0. The van der Waals surface area contributed by atoms with Crippen LogP contribution in [0, 0.1) is 12.3 Å². The number of carbonyl (C=O) groups is 1. The number of ether oxygens (including phenoxy) is 1. The van der Waals surface area contributed by atoms with Crippen molar-refractivity contribution in [3.8, 4) is 12.3 Å². The molecule has 32 heavy (non-hydrogen) atoms. The Labute approximate surface area is 198 Å². The molecule has 0 unspecified atom stereocenters. The number of rotatable bonds is 8. The van der Waals surface area contributed by atoms with Gasteiger partial charge >= 0.3 is 5.97 Å². The van der Waals surface area contributed by atoms with Gasteiger partial charge in [-0.15, -0.1) is 18.2 Å². The zero-order chi connectivity index (χ0) is 24.5. The van der Waals surface area contributed by atoms with Gasteiger partial charge in [-0.3, -0.25) is 4.99 Å². The molecule has 1 aliphatic heterocycles. The minimum absolute atomic E-state index is 0.302. The van der Waals surface area contributed by atoms with Crippen LogP contribution in [0.25, 0.3) is 5.70 Å². The zero-order valence-electron chi connectivity index (χ0n) is 20.6. The lowest BCUT2D eigenvalue weighted by Crippen LogP contribution is -2.09. The van der Waals surface area contributed by atoms with Gasteiger partial charge in [0.15, 0.2) is 5.69 Å². The molecule has 174 valence electrons. The SMILES string of the molecule is C#CCSC1=C(C)n2cnc(C(=O)OCC)c2CN=C1/C=C(/C=C\C=C)CC.CC.CC. The molecule has 1 aliphatic rings. The molecule has 2 rings (SSSR count). The molecule has 0 saturated heterocycles. The summed E-state index contributed by atoms with van der Waals surface area (Å²) in [6, 6.07) is 0. The predicted molar refractivity (Wildman–Crippen MR) is 140 cm³/mol. The summed E-state index contributed by atoms with van der Waals surface area (Å²) in [5.74, 6) is 2.76. The van der Waals surface area contributed by atoms with E-state index in [1.54, 1.807) is 31.1 Å². The number of imidazole rings is 1. The van der Waals surface area contributed by atoms with Crippen LogP contribution in [0.15, 0.2) is 52.7 Å². The van der Waals surface area contributed by atoms with Gasteiger partial charge < -0.3 is 9.30 Å². The number of aromatic nitrogens is 2. The first-order valence-corrected chi connectivity index (χ1v) is 12.1. The van der Waals surface area contributed by atoms with Crippen LogP contribution in [0.4, 0.5) is 0 Å². The monoisotopic (exact) mass is 455 g/mol. The van der Waals surface area contributed by atoms with Crippen molar-refractivity contribution in [2.24, 2.45) is 4.99 Å². The van der Waals surface area contributed by atoms with Crippen LogP contribution >= 0.6 is 11.8 Å². The van der Waals surface area contributed by atoms with E-state index in [1.807, 2.05) is 51.3 Å². The number of allylic oxidation sites excluding steroid dienone is 7. The molecule has 1 aromatic heterocycles. The van der Waals surface area contributed by atoms with Gasteiger partial charge in [0.25, 0.3) is 0 Å². The topological polar surface area (TPSA) is 56.5 Å². The molecule has 0 amide bonds. The Hall–Kier alpha value is -2.78. The number of terminal acetylenes is 1. The number of fused-ring (bicyclic) bond motifs is 1. The Morgan fingerprint density at radius 2 is 2.03 bits per heavy atom. The summed E-state index contributed by atoms with van der Waals surface area (Å²) < 4.78 is 7.04. The van der Waals surface area contributed by atoms with E-state index in [-0.39, 0.29) is 0 Å². The van der Waals surface area contributed by atoms with Crippen LogP contribution in [-0.2, 0) is 11.3 Å². The molecule has 1 aromatic rings. The average molecular weight is 456 g/mol. The summed E-state index contributed by atoms with van der Waals surface area (Å²) in [4.78, 5) is 22.3. The number of aliphatic imine (C=N–C) groups is 1. The molecule has 0 N–H and O–H groups in total. The largest absolute Gasteiger partial charge is 0.461 e. The van der Waals surface area contributed by atoms with E-state index in [0.29, 0.717) is 24.6 Å². The second-order valence-electron chi connectivity index (χ2n) is 5.91. The Morgan fingerprint density at radius 3 is 2.59 bits per heavy atom. The fraction of sp³-hybridized carbons (Fsp3) is 0.423. The van der Waals surface area contributed by atoms with Crippen molar-refractivity contribution in [1.82, 2.24) is 9.55 Å². The second-order valence-corrected chi connectivity index (χ2v) is 6.89. The fourth-order valence-corrected chi connectivity index (χ4v) is 3.56. The van der Waals surface area contributed by atoms with Crippen LogP contribution in [-0.4, -0.2) is 33.6 Å². The smallest absolute Gasteiger partial charge is 0.358 e. The lowest BCUT2D eigenvalue weighted by atomic mass is 10.1. The molecule has 0 atom stereocenters. The molecule has 0 saturated carbocycles. The molecule has 0 radical (unpaired) electrons. The lowest BCUT2D eigenvalue weighted by Gasteiger charge is -2.11. The van der Waals surface area contributed by atoms with E-state index in [4.69, 9.17) is 16.2 Å². The Balaban J connectivity index is 0.00000227. The minimum atomic E-state index is -0.431. The first kappa shape index (κ1) is 29.2. The molecule has 2 heterocycles. The van der Waals surface area contributed by atoms with E-state index in [0.717, 1.165) is 34.0 Å². The quantitative estimate of drug-likeness (QED) is 0.249. The maximum absolute atomic E-state index is 12.2. The van der Waals surface area contributed by atoms with Gasteiger partial charge in [0.2, 0.25) is 0 Å². The highest BCUT2D eigenvalue weighted by Crippen LogP contribution is 2.30. The highest BCUT2D eigenvalue weighted by atomic mass is 32.2. The number of esters is 1. The number of hydrogen-bond acceptors (Lipinski definition) is 5. The van der Waals surface area contributed by atoms with Crippen LogP contribution in [0.3, 0.4) is 0 Å². The van der Waals surface area contributed by atoms with Crippen molar-refractivity contribution in [3.63, 3.8) is 0 Å². The molecule has 5 nitrogen and oxygen atoms in total. The number of hydrogen-bond donors (Lipinski definition) is 0.